The molecule has 2 aromatic rings. The van der Waals surface area contributed by atoms with Gasteiger partial charge in [-0.1, -0.05) is 5.16 Å². The third-order valence-corrected chi connectivity index (χ3v) is 5.35. The fraction of sp³-hybridized carbons (Fsp3) is 0.526. The van der Waals surface area contributed by atoms with E-state index in [-0.39, 0.29) is 12.0 Å². The topological polar surface area (TPSA) is 71.7 Å². The molecule has 1 amide bonds. The van der Waals surface area contributed by atoms with Crippen molar-refractivity contribution in [3.05, 3.63) is 42.5 Å². The van der Waals surface area contributed by atoms with Gasteiger partial charge in [0.15, 0.2) is 0 Å². The van der Waals surface area contributed by atoms with Gasteiger partial charge in [0.25, 0.3) is 5.91 Å². The van der Waals surface area contributed by atoms with E-state index in [1.165, 1.54) is 6.20 Å². The van der Waals surface area contributed by atoms with Crippen molar-refractivity contribution in [1.82, 2.24) is 19.9 Å². The summed E-state index contributed by atoms with van der Waals surface area (Å²) in [7, 11) is 0. The Morgan fingerprint density at radius 3 is 2.38 bits per heavy atom. The molecule has 0 atom stereocenters. The molecule has 2 saturated heterocycles. The standard InChI is InChI=1S/C19H24N4O3/c24-19(18-3-10-21-26-18)23-11-4-15(5-12-23)22-13-6-17(7-14-22)25-16-1-8-20-9-2-16/h1-3,8-10,15,17H,4-7,11-14H2. The highest BCUT2D eigenvalue weighted by atomic mass is 16.5. The fourth-order valence-electron chi connectivity index (χ4n) is 3.88. The summed E-state index contributed by atoms with van der Waals surface area (Å²) in [5.74, 6) is 1.18. The minimum atomic E-state index is -0.0505. The number of nitrogens with zero attached hydrogens (tertiary/aromatic N) is 4. The zero-order chi connectivity index (χ0) is 17.8. The van der Waals surface area contributed by atoms with Gasteiger partial charge in [0.2, 0.25) is 5.76 Å². The molecule has 0 aliphatic carbocycles. The molecular formula is C19H24N4O3. The van der Waals surface area contributed by atoms with Crippen molar-refractivity contribution in [3.8, 4) is 5.75 Å². The molecule has 0 saturated carbocycles. The van der Waals surface area contributed by atoms with Crippen molar-refractivity contribution in [3.63, 3.8) is 0 Å². The highest BCUT2D eigenvalue weighted by molar-refractivity contribution is 5.91. The summed E-state index contributed by atoms with van der Waals surface area (Å²) in [5, 5.41) is 3.62. The predicted molar refractivity (Wildman–Crippen MR) is 94.9 cm³/mol. The summed E-state index contributed by atoms with van der Waals surface area (Å²) in [6, 6.07) is 6.00. The second kappa shape index (κ2) is 7.86. The maximum absolute atomic E-state index is 12.3. The van der Waals surface area contributed by atoms with E-state index in [4.69, 9.17) is 9.26 Å². The quantitative estimate of drug-likeness (QED) is 0.836. The molecule has 4 rings (SSSR count). The molecule has 2 aromatic heterocycles. The number of likely N-dealkylation sites (tertiary alicyclic amines) is 2. The molecule has 0 aromatic carbocycles. The largest absolute Gasteiger partial charge is 0.490 e. The fourth-order valence-corrected chi connectivity index (χ4v) is 3.88. The van der Waals surface area contributed by atoms with Crippen molar-refractivity contribution < 1.29 is 14.1 Å². The number of rotatable bonds is 4. The number of ether oxygens (including phenoxy) is 1. The predicted octanol–water partition coefficient (Wildman–Crippen LogP) is 2.22. The lowest BCUT2D eigenvalue weighted by Gasteiger charge is -2.41. The molecule has 0 N–H and O–H groups in total. The lowest BCUT2D eigenvalue weighted by atomic mass is 9.98. The monoisotopic (exact) mass is 356 g/mol. The first kappa shape index (κ1) is 17.0. The smallest absolute Gasteiger partial charge is 0.292 e. The Bertz CT molecular complexity index is 691. The molecule has 0 radical (unpaired) electrons. The Balaban J connectivity index is 1.23. The zero-order valence-electron chi connectivity index (χ0n) is 14.8. The Kier molecular flexibility index (Phi) is 5.15. The molecule has 0 bridgehead atoms. The molecule has 2 fully saturated rings. The summed E-state index contributed by atoms with van der Waals surface area (Å²) in [6.07, 6.45) is 9.42. The van der Waals surface area contributed by atoms with Crippen molar-refractivity contribution in [2.24, 2.45) is 0 Å². The molecule has 26 heavy (non-hydrogen) atoms. The van der Waals surface area contributed by atoms with Gasteiger partial charge in [-0.3, -0.25) is 14.7 Å². The normalized spacial score (nSPS) is 20.2. The van der Waals surface area contributed by atoms with Crippen molar-refractivity contribution >= 4 is 5.91 Å². The van der Waals surface area contributed by atoms with Crippen LogP contribution in [0.2, 0.25) is 0 Å². The Hall–Kier alpha value is -2.41. The molecule has 2 aliphatic rings. The van der Waals surface area contributed by atoms with Gasteiger partial charge in [0.05, 0.1) is 6.20 Å². The Labute approximate surface area is 152 Å². The lowest BCUT2D eigenvalue weighted by Crippen LogP contribution is -2.50. The number of amides is 1. The molecular weight excluding hydrogens is 332 g/mol. The van der Waals surface area contributed by atoms with E-state index in [0.29, 0.717) is 11.8 Å². The molecule has 7 nitrogen and oxygen atoms in total. The number of hydrogen-bond acceptors (Lipinski definition) is 6. The van der Waals surface area contributed by atoms with E-state index in [1.807, 2.05) is 17.0 Å². The van der Waals surface area contributed by atoms with E-state index in [0.717, 1.165) is 57.6 Å². The molecule has 138 valence electrons. The summed E-state index contributed by atoms with van der Waals surface area (Å²) in [4.78, 5) is 20.8. The highest BCUT2D eigenvalue weighted by Gasteiger charge is 2.31. The van der Waals surface area contributed by atoms with Gasteiger partial charge in [0, 0.05) is 50.7 Å². The first-order valence-electron chi connectivity index (χ1n) is 9.30. The van der Waals surface area contributed by atoms with Gasteiger partial charge >= 0.3 is 0 Å². The number of carbonyl (C=O) groups is 1. The second-order valence-corrected chi connectivity index (χ2v) is 6.94. The van der Waals surface area contributed by atoms with Crippen LogP contribution >= 0.6 is 0 Å². The van der Waals surface area contributed by atoms with Crippen LogP contribution in [0, 0.1) is 0 Å². The van der Waals surface area contributed by atoms with E-state index >= 15 is 0 Å². The Morgan fingerprint density at radius 2 is 1.73 bits per heavy atom. The van der Waals surface area contributed by atoms with Crippen LogP contribution in [0.25, 0.3) is 0 Å². The average Bonchev–Trinajstić information content (AvgIpc) is 3.24. The SMILES string of the molecule is O=C(c1ccno1)N1CCC(N2CCC(Oc3ccncc3)CC2)CC1. The van der Waals surface area contributed by atoms with Crippen LogP contribution in [0.15, 0.2) is 41.3 Å². The second-order valence-electron chi connectivity index (χ2n) is 6.94. The number of hydrogen-bond donors (Lipinski definition) is 0. The van der Waals surface area contributed by atoms with Crippen LogP contribution in [0.4, 0.5) is 0 Å². The maximum Gasteiger partial charge on any atom is 0.292 e. The number of pyridine rings is 1. The van der Waals surface area contributed by atoms with E-state index in [9.17, 15) is 4.79 Å². The Morgan fingerprint density at radius 1 is 1.00 bits per heavy atom. The minimum Gasteiger partial charge on any atom is -0.490 e. The molecule has 0 spiro atoms. The summed E-state index contributed by atoms with van der Waals surface area (Å²) in [5.41, 5.74) is 0. The van der Waals surface area contributed by atoms with Crippen molar-refractivity contribution in [2.75, 3.05) is 26.2 Å². The number of aromatic nitrogens is 2. The van der Waals surface area contributed by atoms with Crippen LogP contribution in [-0.2, 0) is 0 Å². The maximum atomic E-state index is 12.3. The first-order chi connectivity index (χ1) is 12.8. The number of piperidine rings is 2. The highest BCUT2D eigenvalue weighted by Crippen LogP contribution is 2.24. The minimum absolute atomic E-state index is 0.0505. The first-order valence-corrected chi connectivity index (χ1v) is 9.30. The molecule has 0 unspecified atom stereocenters. The molecule has 4 heterocycles. The van der Waals surface area contributed by atoms with E-state index < -0.39 is 0 Å². The van der Waals surface area contributed by atoms with Crippen molar-refractivity contribution in [1.29, 1.82) is 0 Å². The van der Waals surface area contributed by atoms with Crippen LogP contribution in [0.3, 0.4) is 0 Å². The molecule has 7 heteroatoms. The summed E-state index contributed by atoms with van der Waals surface area (Å²) >= 11 is 0. The number of carbonyl (C=O) groups excluding carboxylic acids is 1. The third-order valence-electron chi connectivity index (χ3n) is 5.35. The van der Waals surface area contributed by atoms with Gasteiger partial charge in [-0.15, -0.1) is 0 Å². The van der Waals surface area contributed by atoms with Crippen LogP contribution in [-0.4, -0.2) is 64.2 Å². The van der Waals surface area contributed by atoms with Gasteiger partial charge in [-0.05, 0) is 37.8 Å². The lowest BCUT2D eigenvalue weighted by molar-refractivity contribution is 0.0407. The van der Waals surface area contributed by atoms with Gasteiger partial charge in [-0.25, -0.2) is 0 Å². The molecule has 2 aliphatic heterocycles. The summed E-state index contributed by atoms with van der Waals surface area (Å²) in [6.45, 7) is 3.65. The average molecular weight is 356 g/mol. The van der Waals surface area contributed by atoms with Gasteiger partial charge in [0.1, 0.15) is 11.9 Å². The van der Waals surface area contributed by atoms with Crippen LogP contribution in [0.5, 0.6) is 5.75 Å². The van der Waals surface area contributed by atoms with Gasteiger partial charge in [-0.2, -0.15) is 0 Å². The van der Waals surface area contributed by atoms with E-state index in [2.05, 4.69) is 15.0 Å². The van der Waals surface area contributed by atoms with Crippen LogP contribution in [0.1, 0.15) is 36.2 Å². The van der Waals surface area contributed by atoms with Crippen LogP contribution < -0.4 is 4.74 Å². The van der Waals surface area contributed by atoms with Crippen molar-refractivity contribution in [2.45, 2.75) is 37.8 Å². The van der Waals surface area contributed by atoms with Gasteiger partial charge < -0.3 is 14.2 Å². The summed E-state index contributed by atoms with van der Waals surface area (Å²) < 4.78 is 11.0. The zero-order valence-corrected chi connectivity index (χ0v) is 14.8. The third kappa shape index (κ3) is 3.88. The van der Waals surface area contributed by atoms with E-state index in [1.54, 1.807) is 18.5 Å².